The van der Waals surface area contributed by atoms with E-state index in [0.29, 0.717) is 0 Å². The molecule has 0 radical (unpaired) electrons. The average Bonchev–Trinajstić information content (AvgIpc) is 2.66. The van der Waals surface area contributed by atoms with E-state index in [-0.39, 0.29) is 38.0 Å². The molecule has 0 aliphatic carbocycles. The quantitative estimate of drug-likeness (QED) is 0.137. The van der Waals surface area contributed by atoms with Crippen molar-refractivity contribution in [1.29, 1.82) is 0 Å². The summed E-state index contributed by atoms with van der Waals surface area (Å²) in [5.41, 5.74) is 15.7. The van der Waals surface area contributed by atoms with Gasteiger partial charge in [-0.3, -0.25) is 24.0 Å². The molecule has 0 aromatic carbocycles. The van der Waals surface area contributed by atoms with Crippen LogP contribution in [0.3, 0.4) is 0 Å². The number of carboxylic acids is 1. The summed E-state index contributed by atoms with van der Waals surface area (Å²) in [6, 6.07) is -4.63. The monoisotopic (exact) mass is 458 g/mol. The molecule has 13 heteroatoms. The molecule has 0 aliphatic heterocycles. The summed E-state index contributed by atoms with van der Waals surface area (Å²) >= 11 is 0. The van der Waals surface area contributed by atoms with Gasteiger partial charge >= 0.3 is 5.97 Å². The third-order valence-electron chi connectivity index (χ3n) is 4.36. The number of nitrogens with one attached hydrogen (secondary N) is 3. The van der Waals surface area contributed by atoms with Gasteiger partial charge in [0.15, 0.2) is 0 Å². The maximum Gasteiger partial charge on any atom is 0.326 e. The van der Waals surface area contributed by atoms with Crippen molar-refractivity contribution in [3.05, 3.63) is 0 Å². The number of nitrogens with two attached hydrogens (primary N) is 3. The van der Waals surface area contributed by atoms with Gasteiger partial charge in [0, 0.05) is 12.8 Å². The SMILES string of the molecule is CC(C)CC(NC(=O)C(C)N)C(=O)NC(CCC(N)=O)C(=O)NC(CCC(N)=O)C(=O)O. The summed E-state index contributed by atoms with van der Waals surface area (Å²) in [7, 11) is 0. The largest absolute Gasteiger partial charge is 0.480 e. The lowest BCUT2D eigenvalue weighted by Gasteiger charge is -2.25. The lowest BCUT2D eigenvalue weighted by atomic mass is 10.0. The number of carboxylic acid groups (broad SMARTS) is 1. The van der Waals surface area contributed by atoms with Crippen LogP contribution in [0.1, 0.15) is 52.9 Å². The van der Waals surface area contributed by atoms with Crippen molar-refractivity contribution in [2.45, 2.75) is 77.0 Å². The molecule has 0 bridgehead atoms. The van der Waals surface area contributed by atoms with Gasteiger partial charge in [-0.25, -0.2) is 4.79 Å². The van der Waals surface area contributed by atoms with Gasteiger partial charge in [0.25, 0.3) is 0 Å². The third-order valence-corrected chi connectivity index (χ3v) is 4.36. The molecule has 4 atom stereocenters. The number of rotatable bonds is 15. The Kier molecular flexibility index (Phi) is 12.6. The number of amides is 5. The van der Waals surface area contributed by atoms with E-state index in [4.69, 9.17) is 17.2 Å². The van der Waals surface area contributed by atoms with Crippen LogP contribution in [-0.4, -0.2) is 64.8 Å². The van der Waals surface area contributed by atoms with Crippen LogP contribution in [0.4, 0.5) is 0 Å². The van der Waals surface area contributed by atoms with Gasteiger partial charge in [0.2, 0.25) is 29.5 Å². The molecule has 0 fully saturated rings. The second-order valence-corrected chi connectivity index (χ2v) is 7.95. The molecule has 0 saturated heterocycles. The van der Waals surface area contributed by atoms with Crippen LogP contribution in [0.15, 0.2) is 0 Å². The van der Waals surface area contributed by atoms with E-state index in [2.05, 4.69) is 16.0 Å². The average molecular weight is 459 g/mol. The van der Waals surface area contributed by atoms with Crippen molar-refractivity contribution in [3.63, 3.8) is 0 Å². The first-order chi connectivity index (χ1) is 14.7. The second kappa shape index (κ2) is 14.0. The molecule has 4 unspecified atom stereocenters. The molecule has 0 spiro atoms. The zero-order valence-corrected chi connectivity index (χ0v) is 18.6. The summed E-state index contributed by atoms with van der Waals surface area (Å²) in [5.74, 6) is -5.04. The topological polar surface area (TPSA) is 237 Å². The van der Waals surface area contributed by atoms with Gasteiger partial charge in [-0.2, -0.15) is 0 Å². The Balaban J connectivity index is 5.50. The molecule has 10 N–H and O–H groups in total. The molecule has 0 saturated carbocycles. The Bertz CT molecular complexity index is 710. The van der Waals surface area contributed by atoms with Crippen LogP contribution in [0.5, 0.6) is 0 Å². The van der Waals surface area contributed by atoms with Crippen molar-refractivity contribution in [2.24, 2.45) is 23.1 Å². The van der Waals surface area contributed by atoms with Crippen LogP contribution in [0.2, 0.25) is 0 Å². The molecule has 5 amide bonds. The molecule has 0 aliphatic rings. The fourth-order valence-corrected chi connectivity index (χ4v) is 2.65. The van der Waals surface area contributed by atoms with Gasteiger partial charge in [-0.15, -0.1) is 0 Å². The van der Waals surface area contributed by atoms with Crippen molar-refractivity contribution < 1.29 is 33.9 Å². The van der Waals surface area contributed by atoms with Crippen LogP contribution in [0.25, 0.3) is 0 Å². The zero-order chi connectivity index (χ0) is 25.0. The summed E-state index contributed by atoms with van der Waals surface area (Å²) in [4.78, 5) is 70.9. The molecule has 32 heavy (non-hydrogen) atoms. The highest BCUT2D eigenvalue weighted by Gasteiger charge is 2.30. The Morgan fingerprint density at radius 3 is 1.53 bits per heavy atom. The summed E-state index contributed by atoms with van der Waals surface area (Å²) in [6.45, 7) is 5.10. The van der Waals surface area contributed by atoms with E-state index < -0.39 is 59.7 Å². The minimum Gasteiger partial charge on any atom is -0.480 e. The maximum atomic E-state index is 12.8. The Hall–Kier alpha value is -3.22. The highest BCUT2D eigenvalue weighted by atomic mass is 16.4. The Morgan fingerprint density at radius 2 is 1.12 bits per heavy atom. The van der Waals surface area contributed by atoms with Crippen molar-refractivity contribution >= 4 is 35.5 Å². The van der Waals surface area contributed by atoms with Crippen LogP contribution >= 0.6 is 0 Å². The van der Waals surface area contributed by atoms with E-state index in [0.717, 1.165) is 0 Å². The van der Waals surface area contributed by atoms with E-state index in [9.17, 15) is 33.9 Å². The second-order valence-electron chi connectivity index (χ2n) is 7.95. The standard InChI is InChI=1S/C19H34N6O7/c1-9(2)8-13(25-16(28)10(3)20)18(30)23-11(4-6-14(21)26)17(29)24-12(19(31)32)5-7-15(22)27/h9-13H,4-8,20H2,1-3H3,(H2,21,26)(H2,22,27)(H,23,30)(H,24,29)(H,25,28)(H,31,32). The van der Waals surface area contributed by atoms with E-state index in [1.54, 1.807) is 0 Å². The molecule has 0 rings (SSSR count). The number of hydrogen-bond donors (Lipinski definition) is 7. The van der Waals surface area contributed by atoms with Crippen LogP contribution in [-0.2, 0) is 28.8 Å². The fourth-order valence-electron chi connectivity index (χ4n) is 2.65. The number of aliphatic carboxylic acids is 1. The highest BCUT2D eigenvalue weighted by Crippen LogP contribution is 2.08. The molecule has 182 valence electrons. The van der Waals surface area contributed by atoms with Crippen molar-refractivity contribution in [2.75, 3.05) is 0 Å². The predicted molar refractivity (Wildman–Crippen MR) is 113 cm³/mol. The Morgan fingerprint density at radius 1 is 0.719 bits per heavy atom. The molecule has 0 aromatic heterocycles. The van der Waals surface area contributed by atoms with Gasteiger partial charge in [0.1, 0.15) is 18.1 Å². The summed E-state index contributed by atoms with van der Waals surface area (Å²) in [5, 5.41) is 16.4. The van der Waals surface area contributed by atoms with Crippen LogP contribution < -0.4 is 33.2 Å². The van der Waals surface area contributed by atoms with E-state index in [1.165, 1.54) is 6.92 Å². The minimum atomic E-state index is -1.44. The minimum absolute atomic E-state index is 0.00205. The molecular formula is C19H34N6O7. The number of carbonyl (C=O) groups is 6. The fraction of sp³-hybridized carbons (Fsp3) is 0.684. The molecule has 0 aromatic rings. The van der Waals surface area contributed by atoms with Gasteiger partial charge in [0.05, 0.1) is 6.04 Å². The first kappa shape index (κ1) is 28.8. The summed E-state index contributed by atoms with van der Waals surface area (Å²) in [6.07, 6.45) is -0.767. The number of hydrogen-bond acceptors (Lipinski definition) is 7. The zero-order valence-electron chi connectivity index (χ0n) is 18.6. The first-order valence-corrected chi connectivity index (χ1v) is 10.2. The van der Waals surface area contributed by atoms with Crippen molar-refractivity contribution in [3.8, 4) is 0 Å². The van der Waals surface area contributed by atoms with Crippen LogP contribution in [0, 0.1) is 5.92 Å². The lowest BCUT2D eigenvalue weighted by molar-refractivity contribution is -0.142. The maximum absolute atomic E-state index is 12.8. The highest BCUT2D eigenvalue weighted by molar-refractivity contribution is 5.94. The van der Waals surface area contributed by atoms with Gasteiger partial charge < -0.3 is 38.3 Å². The number of primary amides is 2. The Labute approximate surface area is 186 Å². The normalized spacial score (nSPS) is 14.5. The third kappa shape index (κ3) is 11.8. The predicted octanol–water partition coefficient (Wildman–Crippen LogP) is -2.55. The first-order valence-electron chi connectivity index (χ1n) is 10.2. The molecular weight excluding hydrogens is 424 g/mol. The van der Waals surface area contributed by atoms with Crippen molar-refractivity contribution in [1.82, 2.24) is 16.0 Å². The summed E-state index contributed by atoms with van der Waals surface area (Å²) < 4.78 is 0. The molecule has 0 heterocycles. The molecule has 13 nitrogen and oxygen atoms in total. The van der Waals surface area contributed by atoms with Gasteiger partial charge in [-0.1, -0.05) is 13.8 Å². The lowest BCUT2D eigenvalue weighted by Crippen LogP contribution is -2.57. The smallest absolute Gasteiger partial charge is 0.326 e. The van der Waals surface area contributed by atoms with Gasteiger partial charge in [-0.05, 0) is 32.1 Å². The van der Waals surface area contributed by atoms with E-state index in [1.807, 2.05) is 13.8 Å². The van der Waals surface area contributed by atoms with E-state index >= 15 is 0 Å². The number of carbonyl (C=O) groups excluding carboxylic acids is 5.